The first-order valence-electron chi connectivity index (χ1n) is 19.7. The number of hydrogen-bond acceptors (Lipinski definition) is 7. The zero-order valence-corrected chi connectivity index (χ0v) is 32.5. The van der Waals surface area contributed by atoms with Crippen LogP contribution < -0.4 is 21.3 Å². The number of benzene rings is 2. The minimum Gasteiger partial charge on any atom is -0.381 e. The Kier molecular flexibility index (Phi) is 12.3. The van der Waals surface area contributed by atoms with Crippen LogP contribution in [0, 0.1) is 11.3 Å². The van der Waals surface area contributed by atoms with Gasteiger partial charge in [0.05, 0.1) is 18.6 Å². The minimum atomic E-state index is -0.611. The summed E-state index contributed by atoms with van der Waals surface area (Å²) in [7, 11) is 3.53. The lowest BCUT2D eigenvalue weighted by molar-refractivity contribution is -0.142. The summed E-state index contributed by atoms with van der Waals surface area (Å²) in [5.74, 6) is -0.439. The Bertz CT molecular complexity index is 1650. The number of likely N-dealkylation sites (tertiary alicyclic amines) is 1. The monoisotopic (exact) mass is 728 g/mol. The molecular formula is C42H60N6O5. The van der Waals surface area contributed by atoms with E-state index in [1.807, 2.05) is 43.7 Å². The highest BCUT2D eigenvalue weighted by atomic mass is 16.5. The van der Waals surface area contributed by atoms with Gasteiger partial charge in [-0.25, -0.2) is 0 Å². The van der Waals surface area contributed by atoms with Crippen LogP contribution in [0.2, 0.25) is 0 Å². The van der Waals surface area contributed by atoms with Crippen LogP contribution in [0.25, 0.3) is 0 Å². The molecule has 4 amide bonds. The van der Waals surface area contributed by atoms with Gasteiger partial charge in [-0.05, 0) is 105 Å². The Balaban J connectivity index is 1.24. The van der Waals surface area contributed by atoms with Gasteiger partial charge in [0.2, 0.25) is 23.6 Å². The Morgan fingerprint density at radius 3 is 2.40 bits per heavy atom. The molecule has 4 N–H and O–H groups in total. The quantitative estimate of drug-likeness (QED) is 0.294. The standard InChI is InChI=1S/C42H60N6O5/c1-26-20-29-14-15-30(21-31(29)24-47(26)40(51)37(46-36(49)23-43-5)28-16-18-53-19-17-28)32-22-35(48(25-32)41(52)38(44-6)42(2,3)4)39(50)45-34-13-9-11-27-10-7-8-12-33(27)34/h7-8,10,12,14-15,21,26,28,32,34-35,37-38,43-44H,9,11,13,16-20,22-25H2,1-6H3,(H,45,50)(H,46,49)/t26-,32?,34-,35+,37?,38-/m1/s1. The third-order valence-corrected chi connectivity index (χ3v) is 12.0. The van der Waals surface area contributed by atoms with Gasteiger partial charge >= 0.3 is 0 Å². The van der Waals surface area contributed by atoms with Crippen molar-refractivity contribution in [1.29, 1.82) is 0 Å². The van der Waals surface area contributed by atoms with Crippen molar-refractivity contribution in [3.8, 4) is 0 Å². The van der Waals surface area contributed by atoms with E-state index in [-0.39, 0.29) is 59.5 Å². The highest BCUT2D eigenvalue weighted by molar-refractivity contribution is 5.91. The number of likely N-dealkylation sites (N-methyl/N-ethyl adjacent to an activating group) is 2. The van der Waals surface area contributed by atoms with E-state index >= 15 is 0 Å². The van der Waals surface area contributed by atoms with Crippen LogP contribution in [-0.4, -0.2) is 98.0 Å². The number of ether oxygens (including phenoxy) is 1. The van der Waals surface area contributed by atoms with Gasteiger partial charge in [-0.1, -0.05) is 63.2 Å². The second-order valence-corrected chi connectivity index (χ2v) is 16.8. The lowest BCUT2D eigenvalue weighted by atomic mass is 9.85. The van der Waals surface area contributed by atoms with Crippen molar-refractivity contribution in [2.24, 2.45) is 11.3 Å². The van der Waals surface area contributed by atoms with Crippen molar-refractivity contribution in [2.75, 3.05) is 40.4 Å². The maximum absolute atomic E-state index is 14.3. The highest BCUT2D eigenvalue weighted by Crippen LogP contribution is 2.38. The van der Waals surface area contributed by atoms with Crippen LogP contribution in [0.3, 0.4) is 0 Å². The van der Waals surface area contributed by atoms with E-state index in [1.54, 1.807) is 7.05 Å². The first kappa shape index (κ1) is 38.9. The van der Waals surface area contributed by atoms with E-state index in [2.05, 4.69) is 64.6 Å². The van der Waals surface area contributed by atoms with Gasteiger partial charge in [-0.15, -0.1) is 0 Å². The summed E-state index contributed by atoms with van der Waals surface area (Å²) in [4.78, 5) is 59.4. The molecule has 2 fully saturated rings. The van der Waals surface area contributed by atoms with Crippen molar-refractivity contribution < 1.29 is 23.9 Å². The average molecular weight is 729 g/mol. The number of nitrogens with one attached hydrogen (secondary N) is 4. The molecular weight excluding hydrogens is 668 g/mol. The Labute approximate surface area is 315 Å². The molecule has 11 nitrogen and oxygen atoms in total. The third-order valence-electron chi connectivity index (χ3n) is 12.0. The molecule has 0 saturated carbocycles. The third kappa shape index (κ3) is 8.63. The molecule has 4 aliphatic rings. The molecule has 2 aromatic rings. The molecule has 288 valence electrons. The van der Waals surface area contributed by atoms with Crippen molar-refractivity contribution in [3.05, 3.63) is 70.3 Å². The number of amides is 4. The number of rotatable bonds is 10. The molecule has 6 rings (SSSR count). The summed E-state index contributed by atoms with van der Waals surface area (Å²) in [5, 5.41) is 12.5. The molecule has 0 bridgehead atoms. The maximum Gasteiger partial charge on any atom is 0.245 e. The summed E-state index contributed by atoms with van der Waals surface area (Å²) >= 11 is 0. The first-order valence-corrected chi connectivity index (χ1v) is 19.7. The van der Waals surface area contributed by atoms with Crippen LogP contribution in [0.15, 0.2) is 42.5 Å². The topological polar surface area (TPSA) is 132 Å². The van der Waals surface area contributed by atoms with Gasteiger partial charge in [-0.2, -0.15) is 0 Å². The van der Waals surface area contributed by atoms with E-state index in [9.17, 15) is 19.2 Å². The number of carbonyl (C=O) groups excluding carboxylic acids is 4. The zero-order valence-electron chi connectivity index (χ0n) is 32.5. The molecule has 0 aromatic heterocycles. The summed E-state index contributed by atoms with van der Waals surface area (Å²) in [6, 6.07) is 13.1. The molecule has 3 heterocycles. The van der Waals surface area contributed by atoms with Crippen LogP contribution in [0.4, 0.5) is 0 Å². The predicted molar refractivity (Wildman–Crippen MR) is 205 cm³/mol. The fourth-order valence-electron chi connectivity index (χ4n) is 9.14. The van der Waals surface area contributed by atoms with Crippen LogP contribution in [0.5, 0.6) is 0 Å². The Morgan fingerprint density at radius 2 is 1.68 bits per heavy atom. The van der Waals surface area contributed by atoms with Crippen LogP contribution >= 0.6 is 0 Å². The molecule has 6 atom stereocenters. The molecule has 53 heavy (non-hydrogen) atoms. The minimum absolute atomic E-state index is 0.0127. The summed E-state index contributed by atoms with van der Waals surface area (Å²) in [6.07, 6.45) is 5.58. The van der Waals surface area contributed by atoms with Gasteiger partial charge in [0.1, 0.15) is 12.1 Å². The van der Waals surface area contributed by atoms with Crippen molar-refractivity contribution in [2.45, 2.75) is 115 Å². The number of fused-ring (bicyclic) bond motifs is 2. The molecule has 2 saturated heterocycles. The van der Waals surface area contributed by atoms with E-state index in [1.165, 1.54) is 16.7 Å². The Morgan fingerprint density at radius 1 is 0.925 bits per heavy atom. The van der Waals surface area contributed by atoms with Gasteiger partial charge in [0.15, 0.2) is 0 Å². The smallest absolute Gasteiger partial charge is 0.245 e. The molecule has 2 unspecified atom stereocenters. The summed E-state index contributed by atoms with van der Waals surface area (Å²) in [6.45, 7) is 10.4. The van der Waals surface area contributed by atoms with Crippen molar-refractivity contribution in [3.63, 3.8) is 0 Å². The van der Waals surface area contributed by atoms with E-state index in [0.29, 0.717) is 39.1 Å². The van der Waals surface area contributed by atoms with E-state index in [4.69, 9.17) is 4.74 Å². The number of hydrogen-bond donors (Lipinski definition) is 4. The fourth-order valence-corrected chi connectivity index (χ4v) is 9.14. The first-order chi connectivity index (χ1) is 25.4. The maximum atomic E-state index is 14.3. The second-order valence-electron chi connectivity index (χ2n) is 16.8. The predicted octanol–water partition coefficient (Wildman–Crippen LogP) is 3.60. The molecule has 0 spiro atoms. The number of aryl methyl sites for hydroxylation is 1. The summed E-state index contributed by atoms with van der Waals surface area (Å²) < 4.78 is 5.59. The zero-order chi connectivity index (χ0) is 37.9. The largest absolute Gasteiger partial charge is 0.381 e. The lowest BCUT2D eigenvalue weighted by Crippen LogP contribution is -2.57. The van der Waals surface area contributed by atoms with Gasteiger partial charge in [0.25, 0.3) is 0 Å². The van der Waals surface area contributed by atoms with Crippen molar-refractivity contribution >= 4 is 23.6 Å². The van der Waals surface area contributed by atoms with E-state index < -0.39 is 18.1 Å². The number of carbonyl (C=O) groups is 4. The summed E-state index contributed by atoms with van der Waals surface area (Å²) in [5.41, 5.74) is 5.45. The molecule has 11 heteroatoms. The van der Waals surface area contributed by atoms with Gasteiger partial charge in [0, 0.05) is 38.3 Å². The number of nitrogens with zero attached hydrogens (tertiary/aromatic N) is 2. The van der Waals surface area contributed by atoms with Crippen LogP contribution in [-0.2, 0) is 43.3 Å². The molecule has 2 aromatic carbocycles. The van der Waals surface area contributed by atoms with Gasteiger partial charge in [-0.3, -0.25) is 19.2 Å². The average Bonchev–Trinajstić information content (AvgIpc) is 3.59. The van der Waals surface area contributed by atoms with Crippen LogP contribution in [0.1, 0.15) is 99.6 Å². The molecule has 3 aliphatic heterocycles. The normalized spacial score (nSPS) is 24.5. The molecule has 1 aliphatic carbocycles. The highest BCUT2D eigenvalue weighted by Gasteiger charge is 2.45. The SMILES string of the molecule is CNCC(=O)NC(C(=O)N1Cc2cc(C3C[C@@H](C(=O)N[C@@H]4CCCc5ccccc54)N(C(=O)[C@@H](NC)C(C)(C)C)C3)ccc2C[C@H]1C)C1CCOCC1. The fraction of sp³-hybridized carbons (Fsp3) is 0.619. The van der Waals surface area contributed by atoms with E-state index in [0.717, 1.165) is 43.2 Å². The van der Waals surface area contributed by atoms with Crippen molar-refractivity contribution in [1.82, 2.24) is 31.1 Å². The second kappa shape index (κ2) is 16.7. The molecule has 0 radical (unpaired) electrons. The lowest BCUT2D eigenvalue weighted by Gasteiger charge is -2.40. The Hall–Kier alpha value is -3.80. The van der Waals surface area contributed by atoms with Gasteiger partial charge < -0.3 is 35.8 Å².